The maximum absolute atomic E-state index is 10.8. The Hall–Kier alpha value is -0.680. The van der Waals surface area contributed by atoms with Gasteiger partial charge in [-0.2, -0.15) is 0 Å². The van der Waals surface area contributed by atoms with E-state index in [1.54, 1.807) is 6.92 Å². The Bertz CT molecular complexity index is 280. The molecule has 0 aromatic rings. The predicted octanol–water partition coefficient (Wildman–Crippen LogP) is 0.644. The summed E-state index contributed by atoms with van der Waals surface area (Å²) < 4.78 is 0. The first-order valence-electron chi connectivity index (χ1n) is 3.70. The fourth-order valence-electron chi connectivity index (χ4n) is 1.27. The zero-order valence-electron chi connectivity index (χ0n) is 6.95. The van der Waals surface area contributed by atoms with Crippen LogP contribution in [0.5, 0.6) is 0 Å². The summed E-state index contributed by atoms with van der Waals surface area (Å²) in [6.07, 6.45) is 0. The summed E-state index contributed by atoms with van der Waals surface area (Å²) in [6, 6.07) is -0.357. The highest BCUT2D eigenvalue weighted by molar-refractivity contribution is 7.80. The second kappa shape index (κ2) is 4.02. The van der Waals surface area contributed by atoms with E-state index in [1.807, 2.05) is 0 Å². The van der Waals surface area contributed by atoms with Crippen molar-refractivity contribution in [2.75, 3.05) is 5.88 Å². The third kappa shape index (κ3) is 2.16. The lowest BCUT2D eigenvalue weighted by Gasteiger charge is -2.27. The second-order valence-electron chi connectivity index (χ2n) is 2.78. The average molecular weight is 221 g/mol. The molecule has 1 aliphatic heterocycles. The van der Waals surface area contributed by atoms with Gasteiger partial charge in [0, 0.05) is 11.6 Å². The van der Waals surface area contributed by atoms with Crippen LogP contribution in [-0.4, -0.2) is 33.8 Å². The molecule has 4 nitrogen and oxygen atoms in total. The van der Waals surface area contributed by atoms with Gasteiger partial charge in [0.15, 0.2) is 5.11 Å². The van der Waals surface area contributed by atoms with Gasteiger partial charge in [-0.3, -0.25) is 4.79 Å². The van der Waals surface area contributed by atoms with Crippen LogP contribution in [0.1, 0.15) is 6.92 Å². The van der Waals surface area contributed by atoms with E-state index < -0.39 is 11.9 Å². The molecule has 6 heteroatoms. The van der Waals surface area contributed by atoms with Crippen LogP contribution in [0.3, 0.4) is 0 Å². The summed E-state index contributed by atoms with van der Waals surface area (Å²) in [4.78, 5) is 14.7. The smallest absolute Gasteiger partial charge is 0.314 e. The number of nitrogens with zero attached hydrogens (tertiary/aromatic N) is 1. The predicted molar refractivity (Wildman–Crippen MR) is 54.5 cm³/mol. The van der Waals surface area contributed by atoms with Gasteiger partial charge in [-0.1, -0.05) is 0 Å². The molecule has 1 heterocycles. The molecule has 1 aliphatic rings. The fourth-order valence-corrected chi connectivity index (χ4v) is 1.82. The van der Waals surface area contributed by atoms with Gasteiger partial charge in [-0.15, -0.1) is 11.6 Å². The minimum atomic E-state index is -0.929. The van der Waals surface area contributed by atoms with E-state index >= 15 is 0 Å². The van der Waals surface area contributed by atoms with E-state index in [9.17, 15) is 4.79 Å². The van der Waals surface area contributed by atoms with Crippen LogP contribution in [0.25, 0.3) is 0 Å². The Morgan fingerprint density at radius 2 is 2.46 bits per heavy atom. The minimum Gasteiger partial charge on any atom is -0.481 e. The standard InChI is InChI=1S/C7H9ClN2O2S/c1-3-5(6(11)12)4(2-8)10-7(13)9-3/h4-5H,2H2,1H3,(H,10,13)(H,11,12). The molecule has 1 rings (SSSR count). The van der Waals surface area contributed by atoms with E-state index in [0.717, 1.165) is 0 Å². The molecule has 0 radical (unpaired) electrons. The number of thiocarbonyl (C=S) groups is 1. The molecule has 13 heavy (non-hydrogen) atoms. The molecule has 2 atom stereocenters. The molecule has 0 bridgehead atoms. The van der Waals surface area contributed by atoms with Gasteiger partial charge < -0.3 is 10.4 Å². The van der Waals surface area contributed by atoms with Crippen LogP contribution >= 0.6 is 23.8 Å². The molecule has 0 aromatic heterocycles. The minimum absolute atomic E-state index is 0.198. The van der Waals surface area contributed by atoms with Crippen molar-refractivity contribution < 1.29 is 9.90 Å². The number of hydrogen-bond acceptors (Lipinski definition) is 2. The Kier molecular flexibility index (Phi) is 3.22. The maximum Gasteiger partial charge on any atom is 0.314 e. The van der Waals surface area contributed by atoms with Gasteiger partial charge in [0.2, 0.25) is 0 Å². The summed E-state index contributed by atoms with van der Waals surface area (Å²) in [5.41, 5.74) is 0.502. The van der Waals surface area contributed by atoms with Gasteiger partial charge >= 0.3 is 5.97 Å². The first-order chi connectivity index (χ1) is 6.06. The SMILES string of the molecule is CC1=NC(=S)NC(CCl)C1C(=O)O. The molecule has 0 spiro atoms. The molecule has 0 aliphatic carbocycles. The lowest BCUT2D eigenvalue weighted by atomic mass is 9.95. The number of aliphatic carboxylic acids is 1. The number of carboxylic acids is 1. The van der Waals surface area contributed by atoms with E-state index in [4.69, 9.17) is 28.9 Å². The number of alkyl halides is 1. The largest absolute Gasteiger partial charge is 0.481 e. The van der Waals surface area contributed by atoms with Crippen molar-refractivity contribution in [1.29, 1.82) is 0 Å². The summed E-state index contributed by atoms with van der Waals surface area (Å²) >= 11 is 10.4. The molecule has 0 aromatic carbocycles. The van der Waals surface area contributed by atoms with Crippen LogP contribution in [0.4, 0.5) is 0 Å². The van der Waals surface area contributed by atoms with Crippen molar-refractivity contribution in [3.63, 3.8) is 0 Å². The lowest BCUT2D eigenvalue weighted by molar-refractivity contribution is -0.139. The number of aliphatic imine (C=N–C) groups is 1. The van der Waals surface area contributed by atoms with Crippen molar-refractivity contribution in [3.05, 3.63) is 0 Å². The zero-order chi connectivity index (χ0) is 10.0. The Balaban J connectivity index is 2.94. The lowest BCUT2D eigenvalue weighted by Crippen LogP contribution is -2.50. The maximum atomic E-state index is 10.8. The van der Waals surface area contributed by atoms with E-state index in [1.165, 1.54) is 0 Å². The summed E-state index contributed by atoms with van der Waals surface area (Å²) in [5, 5.41) is 11.9. The third-order valence-electron chi connectivity index (χ3n) is 1.87. The van der Waals surface area contributed by atoms with Gasteiger partial charge in [-0.05, 0) is 19.1 Å². The molecule has 72 valence electrons. The molecule has 0 saturated heterocycles. The highest BCUT2D eigenvalue weighted by atomic mass is 35.5. The van der Waals surface area contributed by atoms with Crippen LogP contribution < -0.4 is 5.32 Å². The Labute approximate surface area is 86.0 Å². The summed E-state index contributed by atoms with van der Waals surface area (Å²) in [6.45, 7) is 1.64. The van der Waals surface area contributed by atoms with Crippen LogP contribution in [0.15, 0.2) is 4.99 Å². The normalized spacial score (nSPS) is 27.8. The number of carboxylic acid groups (broad SMARTS) is 1. The molecular weight excluding hydrogens is 212 g/mol. The molecular formula is C7H9ClN2O2S. The van der Waals surface area contributed by atoms with Crippen LogP contribution in [-0.2, 0) is 4.79 Å². The molecule has 0 fully saturated rings. The van der Waals surface area contributed by atoms with E-state index in [2.05, 4.69) is 10.3 Å². The third-order valence-corrected chi connectivity index (χ3v) is 2.41. The second-order valence-corrected chi connectivity index (χ2v) is 3.47. The number of hydrogen-bond donors (Lipinski definition) is 2. The highest BCUT2D eigenvalue weighted by Crippen LogP contribution is 2.13. The first-order valence-corrected chi connectivity index (χ1v) is 4.65. The fraction of sp³-hybridized carbons (Fsp3) is 0.571. The van der Waals surface area contributed by atoms with Gasteiger partial charge in [0.1, 0.15) is 5.92 Å². The average Bonchev–Trinajstić information content (AvgIpc) is 2.01. The van der Waals surface area contributed by atoms with Gasteiger partial charge in [0.25, 0.3) is 0 Å². The topological polar surface area (TPSA) is 61.7 Å². The van der Waals surface area contributed by atoms with Crippen molar-refractivity contribution in [3.8, 4) is 0 Å². The van der Waals surface area contributed by atoms with Crippen molar-refractivity contribution >= 4 is 40.6 Å². The van der Waals surface area contributed by atoms with Crippen molar-refractivity contribution in [1.82, 2.24) is 5.32 Å². The number of carbonyl (C=O) groups is 1. The highest BCUT2D eigenvalue weighted by Gasteiger charge is 2.33. The van der Waals surface area contributed by atoms with Gasteiger partial charge in [-0.25, -0.2) is 4.99 Å². The molecule has 0 amide bonds. The van der Waals surface area contributed by atoms with E-state index in [0.29, 0.717) is 10.8 Å². The Morgan fingerprint density at radius 3 is 2.92 bits per heavy atom. The van der Waals surface area contributed by atoms with Crippen molar-refractivity contribution in [2.45, 2.75) is 13.0 Å². The molecule has 2 N–H and O–H groups in total. The summed E-state index contributed by atoms with van der Waals surface area (Å²) in [7, 11) is 0. The van der Waals surface area contributed by atoms with Crippen molar-refractivity contribution in [2.24, 2.45) is 10.9 Å². The van der Waals surface area contributed by atoms with Crippen LogP contribution in [0.2, 0.25) is 0 Å². The quantitative estimate of drug-likeness (QED) is 0.530. The Morgan fingerprint density at radius 1 is 1.85 bits per heavy atom. The first kappa shape index (κ1) is 10.4. The number of halogens is 1. The van der Waals surface area contributed by atoms with Gasteiger partial charge in [0.05, 0.1) is 6.04 Å². The van der Waals surface area contributed by atoms with Crippen LogP contribution in [0, 0.1) is 5.92 Å². The monoisotopic (exact) mass is 220 g/mol. The van der Waals surface area contributed by atoms with E-state index in [-0.39, 0.29) is 11.9 Å². The number of rotatable bonds is 2. The summed E-state index contributed by atoms with van der Waals surface area (Å²) in [5.74, 6) is -1.41. The molecule has 2 unspecified atom stereocenters. The molecule has 0 saturated carbocycles. The zero-order valence-corrected chi connectivity index (χ0v) is 8.52. The number of nitrogens with one attached hydrogen (secondary N) is 1.